The van der Waals surface area contributed by atoms with Crippen molar-refractivity contribution in [1.29, 1.82) is 0 Å². The second-order valence-electron chi connectivity index (χ2n) is 10.2. The van der Waals surface area contributed by atoms with Crippen molar-refractivity contribution < 1.29 is 27.5 Å². The Morgan fingerprint density at radius 3 is 2.42 bits per heavy atom. The first-order valence-electron chi connectivity index (χ1n) is 13.1. The molecule has 1 atom stereocenters. The van der Waals surface area contributed by atoms with E-state index in [-0.39, 0.29) is 41.1 Å². The van der Waals surface area contributed by atoms with Crippen molar-refractivity contribution in [1.82, 2.24) is 24.2 Å². The van der Waals surface area contributed by atoms with Crippen LogP contribution in [-0.4, -0.2) is 48.7 Å². The minimum atomic E-state index is -4.65. The highest BCUT2D eigenvalue weighted by Gasteiger charge is 2.36. The number of amides is 2. The van der Waals surface area contributed by atoms with Crippen molar-refractivity contribution in [3.63, 3.8) is 0 Å². The van der Waals surface area contributed by atoms with Crippen molar-refractivity contribution in [2.45, 2.75) is 46.0 Å². The van der Waals surface area contributed by atoms with E-state index in [1.54, 1.807) is 45.0 Å². The van der Waals surface area contributed by atoms with Gasteiger partial charge in [0.2, 0.25) is 5.95 Å². The lowest BCUT2D eigenvalue weighted by Crippen LogP contribution is -2.46. The van der Waals surface area contributed by atoms with E-state index in [2.05, 4.69) is 21.0 Å². The number of aromatic nitrogens is 4. The number of primary amides is 1. The number of alkyl halides is 3. The quantitative estimate of drug-likeness (QED) is 0.330. The van der Waals surface area contributed by atoms with Gasteiger partial charge in [-0.2, -0.15) is 18.3 Å². The smallest absolute Gasteiger partial charge is 0.417 e. The van der Waals surface area contributed by atoms with E-state index < -0.39 is 29.6 Å². The number of rotatable bonds is 6. The third kappa shape index (κ3) is 5.91. The molecule has 2 N–H and O–H groups in total. The summed E-state index contributed by atoms with van der Waals surface area (Å²) in [7, 11) is 0. The van der Waals surface area contributed by atoms with Crippen LogP contribution in [0, 0.1) is 13.8 Å². The molecule has 1 aliphatic heterocycles. The zero-order chi connectivity index (χ0) is 31.2. The number of fused-ring (bicyclic) bond motifs is 1. The monoisotopic (exact) mass is 658 g/mol. The second-order valence-corrected chi connectivity index (χ2v) is 11.1. The van der Waals surface area contributed by atoms with E-state index >= 15 is 0 Å². The fourth-order valence-electron chi connectivity index (χ4n) is 5.01. The van der Waals surface area contributed by atoms with Gasteiger partial charge in [0.15, 0.2) is 6.61 Å². The predicted molar refractivity (Wildman–Crippen MR) is 153 cm³/mol. The van der Waals surface area contributed by atoms with Crippen LogP contribution in [0.5, 0.6) is 5.75 Å². The standard InChI is InChI=1S/C29H26BrF3N6O4/c1-15-10-17(3)39(36-15)28-35-24-13-37(26(41)18-4-9-23(30)22(12-18)29(31,32)33)16(2)11-21(24)27(42)38(28)19-5-7-20(8-6-19)43-14-25(34)40/h4-10,12,16H,11,13-14H2,1-3H3,(H2,34,40). The molecular formula is C29H26BrF3N6O4. The van der Waals surface area contributed by atoms with Crippen molar-refractivity contribution in [3.05, 3.63) is 97.1 Å². The number of ether oxygens (including phenoxy) is 1. The van der Waals surface area contributed by atoms with Crippen LogP contribution in [0.4, 0.5) is 13.2 Å². The first-order chi connectivity index (χ1) is 20.2. The normalized spacial score (nSPS) is 14.9. The van der Waals surface area contributed by atoms with Crippen molar-refractivity contribution in [2.24, 2.45) is 5.73 Å². The van der Waals surface area contributed by atoms with Gasteiger partial charge in [-0.1, -0.05) is 15.9 Å². The number of nitrogens with two attached hydrogens (primary N) is 1. The number of hydrogen-bond acceptors (Lipinski definition) is 6. The minimum Gasteiger partial charge on any atom is -0.484 e. The van der Waals surface area contributed by atoms with E-state index in [0.717, 1.165) is 6.07 Å². The van der Waals surface area contributed by atoms with Crippen LogP contribution in [0.15, 0.2) is 57.8 Å². The van der Waals surface area contributed by atoms with Gasteiger partial charge < -0.3 is 15.4 Å². The van der Waals surface area contributed by atoms with Crippen LogP contribution in [0.2, 0.25) is 0 Å². The van der Waals surface area contributed by atoms with E-state index in [9.17, 15) is 27.6 Å². The zero-order valence-electron chi connectivity index (χ0n) is 23.3. The lowest BCUT2D eigenvalue weighted by Gasteiger charge is -2.34. The van der Waals surface area contributed by atoms with Gasteiger partial charge in [-0.05, 0) is 75.7 Å². The molecule has 10 nitrogen and oxygen atoms in total. The second kappa shape index (κ2) is 11.3. The summed E-state index contributed by atoms with van der Waals surface area (Å²) < 4.78 is 48.7. The molecule has 2 aromatic carbocycles. The lowest BCUT2D eigenvalue weighted by molar-refractivity contribution is -0.138. The van der Waals surface area contributed by atoms with E-state index in [1.807, 2.05) is 6.07 Å². The van der Waals surface area contributed by atoms with Gasteiger partial charge >= 0.3 is 6.18 Å². The van der Waals surface area contributed by atoms with Gasteiger partial charge in [-0.15, -0.1) is 0 Å². The molecule has 1 aliphatic rings. The molecule has 0 bridgehead atoms. The number of nitrogens with zero attached hydrogens (tertiary/aromatic N) is 5. The van der Waals surface area contributed by atoms with Crippen molar-refractivity contribution >= 4 is 27.7 Å². The molecule has 0 aliphatic carbocycles. The summed E-state index contributed by atoms with van der Waals surface area (Å²) in [5.41, 5.74) is 6.23. The highest BCUT2D eigenvalue weighted by molar-refractivity contribution is 9.10. The molecule has 0 saturated heterocycles. The summed E-state index contributed by atoms with van der Waals surface area (Å²) >= 11 is 2.91. The van der Waals surface area contributed by atoms with Crippen LogP contribution in [0.1, 0.15) is 45.5 Å². The summed E-state index contributed by atoms with van der Waals surface area (Å²) in [6.07, 6.45) is -4.52. The van der Waals surface area contributed by atoms with Gasteiger partial charge in [-0.3, -0.25) is 14.4 Å². The Balaban J connectivity index is 1.58. The molecule has 224 valence electrons. The zero-order valence-corrected chi connectivity index (χ0v) is 24.9. The average Bonchev–Trinajstić information content (AvgIpc) is 3.28. The molecule has 1 unspecified atom stereocenters. The maximum absolute atomic E-state index is 14.1. The molecule has 0 spiro atoms. The lowest BCUT2D eigenvalue weighted by atomic mass is 9.98. The van der Waals surface area contributed by atoms with Gasteiger partial charge in [-0.25, -0.2) is 14.2 Å². The summed E-state index contributed by atoms with van der Waals surface area (Å²) in [6.45, 7) is 4.94. The Kier molecular flexibility index (Phi) is 7.90. The molecule has 0 fully saturated rings. The number of carbonyl (C=O) groups is 2. The van der Waals surface area contributed by atoms with E-state index in [0.29, 0.717) is 34.1 Å². The number of aryl methyl sites for hydroxylation is 2. The molecule has 2 amide bonds. The van der Waals surface area contributed by atoms with Crippen LogP contribution in [0.25, 0.3) is 11.6 Å². The van der Waals surface area contributed by atoms with E-state index in [4.69, 9.17) is 15.5 Å². The Morgan fingerprint density at radius 1 is 1.12 bits per heavy atom. The van der Waals surface area contributed by atoms with Crippen LogP contribution in [0.3, 0.4) is 0 Å². The molecule has 3 heterocycles. The molecule has 4 aromatic rings. The van der Waals surface area contributed by atoms with Gasteiger partial charge in [0.1, 0.15) is 5.75 Å². The molecular weight excluding hydrogens is 633 g/mol. The molecule has 14 heteroatoms. The summed E-state index contributed by atoms with van der Waals surface area (Å²) in [5, 5.41) is 4.51. The predicted octanol–water partition coefficient (Wildman–Crippen LogP) is 4.27. The highest BCUT2D eigenvalue weighted by Crippen LogP contribution is 2.36. The van der Waals surface area contributed by atoms with Gasteiger partial charge in [0.25, 0.3) is 17.4 Å². The highest BCUT2D eigenvalue weighted by atomic mass is 79.9. The molecule has 2 aromatic heterocycles. The van der Waals surface area contributed by atoms with E-state index in [1.165, 1.54) is 26.3 Å². The fourth-order valence-corrected chi connectivity index (χ4v) is 5.48. The number of halogens is 4. The van der Waals surface area contributed by atoms with Gasteiger partial charge in [0, 0.05) is 27.3 Å². The Bertz CT molecular complexity index is 1800. The Hall–Kier alpha value is -4.46. The maximum Gasteiger partial charge on any atom is 0.417 e. The number of carbonyl (C=O) groups excluding carboxylic acids is 2. The topological polar surface area (TPSA) is 125 Å². The molecule has 0 saturated carbocycles. The van der Waals surface area contributed by atoms with Gasteiger partial charge in [0.05, 0.1) is 29.2 Å². The third-order valence-corrected chi connectivity index (χ3v) is 7.74. The largest absolute Gasteiger partial charge is 0.484 e. The molecule has 43 heavy (non-hydrogen) atoms. The first kappa shape index (κ1) is 30.0. The number of benzene rings is 2. The number of hydrogen-bond donors (Lipinski definition) is 1. The molecule has 5 rings (SSSR count). The molecule has 0 radical (unpaired) electrons. The first-order valence-corrected chi connectivity index (χ1v) is 13.9. The third-order valence-electron chi connectivity index (χ3n) is 7.05. The maximum atomic E-state index is 14.1. The van der Waals surface area contributed by atoms with Crippen molar-refractivity contribution in [2.75, 3.05) is 6.61 Å². The average molecular weight is 659 g/mol. The van der Waals surface area contributed by atoms with Crippen LogP contribution < -0.4 is 16.0 Å². The Labute approximate surface area is 252 Å². The Morgan fingerprint density at radius 2 is 1.81 bits per heavy atom. The fraction of sp³-hybridized carbons (Fsp3) is 0.276. The summed E-state index contributed by atoms with van der Waals surface area (Å²) in [6, 6.07) is 11.1. The SMILES string of the molecule is Cc1cc(C)n(-c2nc3c(c(=O)n2-c2ccc(OCC(N)=O)cc2)CC(C)N(C(=O)c2ccc(Br)c(C(F)(F)F)c2)C3)n1. The summed E-state index contributed by atoms with van der Waals surface area (Å²) in [5.74, 6) is -0.696. The van der Waals surface area contributed by atoms with Crippen LogP contribution in [-0.2, 0) is 23.9 Å². The van der Waals surface area contributed by atoms with Crippen LogP contribution >= 0.6 is 15.9 Å². The summed E-state index contributed by atoms with van der Waals surface area (Å²) in [4.78, 5) is 44.9. The van der Waals surface area contributed by atoms with Crippen molar-refractivity contribution in [3.8, 4) is 17.4 Å². The minimum absolute atomic E-state index is 0.0883.